The highest BCUT2D eigenvalue weighted by Crippen LogP contribution is 2.43. The molecule has 1 aliphatic rings. The minimum absolute atomic E-state index is 0.155. The molecule has 1 heterocycles. The Balaban J connectivity index is 2.42. The summed E-state index contributed by atoms with van der Waals surface area (Å²) >= 11 is 0. The standard InChI is InChI=1S/C13H20N2O3/c1-9-6-4-5-7-13(9,16)11-12(18-3)15-10(17-2)8-14-11/h8-9,16H,4-7H2,1-3H3. The van der Waals surface area contributed by atoms with E-state index in [1.165, 1.54) is 20.4 Å². The van der Waals surface area contributed by atoms with Crippen LogP contribution in [0.25, 0.3) is 0 Å². The summed E-state index contributed by atoms with van der Waals surface area (Å²) in [6.45, 7) is 2.05. The summed E-state index contributed by atoms with van der Waals surface area (Å²) in [5.74, 6) is 0.899. The highest BCUT2D eigenvalue weighted by molar-refractivity contribution is 5.29. The van der Waals surface area contributed by atoms with Gasteiger partial charge in [0.15, 0.2) is 0 Å². The number of hydrogen-bond donors (Lipinski definition) is 1. The summed E-state index contributed by atoms with van der Waals surface area (Å²) in [6.07, 6.45) is 5.36. The maximum atomic E-state index is 10.9. The first-order chi connectivity index (χ1) is 8.61. The molecule has 0 amide bonds. The third-order valence-electron chi connectivity index (χ3n) is 3.79. The van der Waals surface area contributed by atoms with Gasteiger partial charge < -0.3 is 14.6 Å². The van der Waals surface area contributed by atoms with Crippen LogP contribution in [0.3, 0.4) is 0 Å². The second-order valence-corrected chi connectivity index (χ2v) is 4.84. The number of methoxy groups -OCH3 is 2. The quantitative estimate of drug-likeness (QED) is 0.890. The molecule has 100 valence electrons. The van der Waals surface area contributed by atoms with Gasteiger partial charge in [-0.15, -0.1) is 0 Å². The van der Waals surface area contributed by atoms with E-state index in [1.807, 2.05) is 6.92 Å². The van der Waals surface area contributed by atoms with Crippen LogP contribution >= 0.6 is 0 Å². The third kappa shape index (κ3) is 2.14. The predicted molar refractivity (Wildman–Crippen MR) is 66.7 cm³/mol. The molecule has 5 nitrogen and oxygen atoms in total. The molecule has 1 aromatic heterocycles. The monoisotopic (exact) mass is 252 g/mol. The number of aromatic nitrogens is 2. The Hall–Kier alpha value is -1.36. The van der Waals surface area contributed by atoms with E-state index in [0.717, 1.165) is 19.3 Å². The summed E-state index contributed by atoms with van der Waals surface area (Å²) < 4.78 is 10.3. The lowest BCUT2D eigenvalue weighted by Gasteiger charge is -2.37. The number of hydrogen-bond acceptors (Lipinski definition) is 5. The maximum absolute atomic E-state index is 10.9. The molecule has 2 rings (SSSR count). The van der Waals surface area contributed by atoms with Gasteiger partial charge in [-0.1, -0.05) is 19.8 Å². The van der Waals surface area contributed by atoms with Crippen molar-refractivity contribution in [2.75, 3.05) is 14.2 Å². The highest BCUT2D eigenvalue weighted by atomic mass is 16.5. The van der Waals surface area contributed by atoms with E-state index in [2.05, 4.69) is 9.97 Å². The van der Waals surface area contributed by atoms with E-state index < -0.39 is 5.60 Å². The first-order valence-electron chi connectivity index (χ1n) is 6.29. The summed E-state index contributed by atoms with van der Waals surface area (Å²) in [5.41, 5.74) is -0.416. The van der Waals surface area contributed by atoms with Crippen molar-refractivity contribution >= 4 is 0 Å². The van der Waals surface area contributed by atoms with E-state index in [9.17, 15) is 5.11 Å². The van der Waals surface area contributed by atoms with Crippen LogP contribution in [-0.4, -0.2) is 29.3 Å². The normalized spacial score (nSPS) is 27.9. The molecule has 1 fully saturated rings. The van der Waals surface area contributed by atoms with Gasteiger partial charge in [-0.25, -0.2) is 4.98 Å². The molecule has 0 aliphatic heterocycles. The molecule has 2 atom stereocenters. The summed E-state index contributed by atoms with van der Waals surface area (Å²) in [5, 5.41) is 10.9. The first-order valence-corrected chi connectivity index (χ1v) is 6.29. The molecule has 0 spiro atoms. The van der Waals surface area contributed by atoms with Crippen LogP contribution < -0.4 is 9.47 Å². The lowest BCUT2D eigenvalue weighted by Crippen LogP contribution is -2.37. The fraction of sp³-hybridized carbons (Fsp3) is 0.692. The first kappa shape index (κ1) is 13.1. The van der Waals surface area contributed by atoms with E-state index in [4.69, 9.17) is 9.47 Å². The van der Waals surface area contributed by atoms with Crippen LogP contribution in [0.4, 0.5) is 0 Å². The SMILES string of the molecule is COc1cnc(C2(O)CCCCC2C)c(OC)n1. The van der Waals surface area contributed by atoms with Gasteiger partial charge in [-0.2, -0.15) is 4.98 Å². The molecule has 1 aromatic rings. The van der Waals surface area contributed by atoms with Crippen LogP contribution in [0.1, 0.15) is 38.3 Å². The summed E-state index contributed by atoms with van der Waals surface area (Å²) in [7, 11) is 3.06. The van der Waals surface area contributed by atoms with Crippen molar-refractivity contribution in [2.45, 2.75) is 38.2 Å². The Bertz CT molecular complexity index is 425. The number of ether oxygens (including phenoxy) is 2. The second-order valence-electron chi connectivity index (χ2n) is 4.84. The van der Waals surface area contributed by atoms with Gasteiger partial charge in [0.1, 0.15) is 11.3 Å². The van der Waals surface area contributed by atoms with E-state index in [-0.39, 0.29) is 5.92 Å². The number of aliphatic hydroxyl groups is 1. The van der Waals surface area contributed by atoms with Crippen LogP contribution in [0, 0.1) is 5.92 Å². The molecule has 5 heteroatoms. The molecule has 18 heavy (non-hydrogen) atoms. The van der Waals surface area contributed by atoms with Crippen molar-refractivity contribution < 1.29 is 14.6 Å². The van der Waals surface area contributed by atoms with E-state index in [1.54, 1.807) is 0 Å². The van der Waals surface area contributed by atoms with Crippen molar-refractivity contribution in [3.8, 4) is 11.8 Å². The molecule has 0 bridgehead atoms. The molecular weight excluding hydrogens is 232 g/mol. The minimum atomic E-state index is -0.942. The second kappa shape index (κ2) is 5.10. The molecular formula is C13H20N2O3. The van der Waals surface area contributed by atoms with Crippen molar-refractivity contribution in [2.24, 2.45) is 5.92 Å². The maximum Gasteiger partial charge on any atom is 0.241 e. The average molecular weight is 252 g/mol. The van der Waals surface area contributed by atoms with Crippen molar-refractivity contribution in [3.63, 3.8) is 0 Å². The van der Waals surface area contributed by atoms with Crippen LogP contribution in [-0.2, 0) is 5.60 Å². The predicted octanol–water partition coefficient (Wildman–Crippen LogP) is 1.89. The van der Waals surface area contributed by atoms with Gasteiger partial charge in [0.25, 0.3) is 0 Å². The molecule has 2 unspecified atom stereocenters. The van der Waals surface area contributed by atoms with Crippen molar-refractivity contribution in [3.05, 3.63) is 11.9 Å². The van der Waals surface area contributed by atoms with Gasteiger partial charge in [-0.3, -0.25) is 0 Å². The average Bonchev–Trinajstić information content (AvgIpc) is 2.41. The molecule has 1 aliphatic carbocycles. The van der Waals surface area contributed by atoms with Crippen LogP contribution in [0.15, 0.2) is 6.20 Å². The fourth-order valence-electron chi connectivity index (χ4n) is 2.58. The Morgan fingerprint density at radius 1 is 1.33 bits per heavy atom. The van der Waals surface area contributed by atoms with Crippen LogP contribution in [0.5, 0.6) is 11.8 Å². The zero-order valence-electron chi connectivity index (χ0n) is 11.1. The number of nitrogens with zero attached hydrogens (tertiary/aromatic N) is 2. The smallest absolute Gasteiger partial charge is 0.241 e. The van der Waals surface area contributed by atoms with Gasteiger partial charge in [0, 0.05) is 0 Å². The van der Waals surface area contributed by atoms with E-state index in [0.29, 0.717) is 23.9 Å². The summed E-state index contributed by atoms with van der Waals surface area (Å²) in [6, 6.07) is 0. The Morgan fingerprint density at radius 3 is 2.72 bits per heavy atom. The van der Waals surface area contributed by atoms with Crippen molar-refractivity contribution in [1.29, 1.82) is 0 Å². The highest BCUT2D eigenvalue weighted by Gasteiger charge is 2.41. The van der Waals surface area contributed by atoms with Gasteiger partial charge in [-0.05, 0) is 18.8 Å². The molecule has 1 N–H and O–H groups in total. The van der Waals surface area contributed by atoms with Gasteiger partial charge in [0.05, 0.1) is 20.4 Å². The largest absolute Gasteiger partial charge is 0.480 e. The fourth-order valence-corrected chi connectivity index (χ4v) is 2.58. The molecule has 0 saturated heterocycles. The Morgan fingerprint density at radius 2 is 2.11 bits per heavy atom. The topological polar surface area (TPSA) is 64.5 Å². The zero-order valence-corrected chi connectivity index (χ0v) is 11.1. The molecule has 0 aromatic carbocycles. The Kier molecular flexibility index (Phi) is 3.71. The molecule has 0 radical (unpaired) electrons. The Labute approximate surface area is 107 Å². The molecule has 1 saturated carbocycles. The van der Waals surface area contributed by atoms with Gasteiger partial charge >= 0.3 is 0 Å². The zero-order chi connectivity index (χ0) is 13.2. The minimum Gasteiger partial charge on any atom is -0.480 e. The lowest BCUT2D eigenvalue weighted by atomic mass is 9.74. The van der Waals surface area contributed by atoms with Crippen molar-refractivity contribution in [1.82, 2.24) is 9.97 Å². The lowest BCUT2D eigenvalue weighted by molar-refractivity contribution is -0.0527. The summed E-state index contributed by atoms with van der Waals surface area (Å²) in [4.78, 5) is 8.50. The van der Waals surface area contributed by atoms with Crippen LogP contribution in [0.2, 0.25) is 0 Å². The number of rotatable bonds is 3. The van der Waals surface area contributed by atoms with E-state index >= 15 is 0 Å². The van der Waals surface area contributed by atoms with Gasteiger partial charge in [0.2, 0.25) is 11.8 Å². The third-order valence-corrected chi connectivity index (χ3v) is 3.79.